The maximum Gasteiger partial charge on any atom is 0.265 e. The molecule has 0 atom stereocenters. The Morgan fingerprint density at radius 2 is 1.93 bits per heavy atom. The van der Waals surface area contributed by atoms with Crippen molar-refractivity contribution in [1.29, 1.82) is 0 Å². The van der Waals surface area contributed by atoms with E-state index in [9.17, 15) is 14.0 Å². The van der Waals surface area contributed by atoms with Crippen molar-refractivity contribution >= 4 is 16.9 Å². The maximum atomic E-state index is 13.2. The van der Waals surface area contributed by atoms with Gasteiger partial charge in [-0.15, -0.1) is 0 Å². The minimum Gasteiger partial charge on any atom is -0.339 e. The predicted octanol–water partition coefficient (Wildman–Crippen LogP) is 3.85. The third-order valence-electron chi connectivity index (χ3n) is 4.78. The van der Waals surface area contributed by atoms with E-state index in [0.29, 0.717) is 18.7 Å². The first kappa shape index (κ1) is 19.7. The highest BCUT2D eigenvalue weighted by molar-refractivity contribution is 5.96. The molecule has 0 N–H and O–H groups in total. The molecule has 3 rings (SSSR count). The van der Waals surface area contributed by atoms with Crippen molar-refractivity contribution in [3.63, 3.8) is 0 Å². The van der Waals surface area contributed by atoms with E-state index < -0.39 is 0 Å². The van der Waals surface area contributed by atoms with Crippen LogP contribution in [0.4, 0.5) is 4.39 Å². The number of nitrogens with zero attached hydrogens (tertiary/aromatic N) is 3. The van der Waals surface area contributed by atoms with Gasteiger partial charge in [-0.1, -0.05) is 25.5 Å². The summed E-state index contributed by atoms with van der Waals surface area (Å²) in [6.07, 6.45) is 3.47. The number of rotatable bonds is 7. The quantitative estimate of drug-likeness (QED) is 0.625. The summed E-state index contributed by atoms with van der Waals surface area (Å²) in [5.74, 6) is -0.600. The molecule has 1 amide bonds. The molecule has 2 aromatic heterocycles. The summed E-state index contributed by atoms with van der Waals surface area (Å²) >= 11 is 0. The lowest BCUT2D eigenvalue weighted by molar-refractivity contribution is 0.0760. The van der Waals surface area contributed by atoms with E-state index in [1.54, 1.807) is 35.4 Å². The number of carbonyl (C=O) groups excluding carboxylic acids is 1. The molecule has 0 bridgehead atoms. The lowest BCUT2D eigenvalue weighted by Gasteiger charge is -2.21. The minimum atomic E-state index is -0.379. The molecule has 0 spiro atoms. The fourth-order valence-corrected chi connectivity index (χ4v) is 3.20. The molecule has 6 heteroatoms. The van der Waals surface area contributed by atoms with Gasteiger partial charge in [0.15, 0.2) is 0 Å². The Morgan fingerprint density at radius 1 is 1.18 bits per heavy atom. The molecule has 0 aliphatic carbocycles. The molecule has 1 aromatic carbocycles. The van der Waals surface area contributed by atoms with Gasteiger partial charge in [-0.3, -0.25) is 14.2 Å². The van der Waals surface area contributed by atoms with Gasteiger partial charge in [0.2, 0.25) is 0 Å². The number of amides is 1. The molecule has 28 heavy (non-hydrogen) atoms. The smallest absolute Gasteiger partial charge is 0.265 e. The Morgan fingerprint density at radius 3 is 2.61 bits per heavy atom. The largest absolute Gasteiger partial charge is 0.339 e. The first-order chi connectivity index (χ1) is 13.5. The van der Waals surface area contributed by atoms with Crippen molar-refractivity contribution in [2.24, 2.45) is 0 Å². The highest BCUT2D eigenvalue weighted by Crippen LogP contribution is 2.15. The van der Waals surface area contributed by atoms with Crippen LogP contribution in [0.5, 0.6) is 0 Å². The molecule has 0 aliphatic heterocycles. The number of unbranched alkanes of at least 4 members (excludes halogenated alkanes) is 1. The van der Waals surface area contributed by atoms with Gasteiger partial charge in [-0.25, -0.2) is 9.37 Å². The zero-order valence-corrected chi connectivity index (χ0v) is 16.2. The molecule has 0 saturated carbocycles. The Labute approximate surface area is 163 Å². The summed E-state index contributed by atoms with van der Waals surface area (Å²) in [5, 5.41) is 0.721. The summed E-state index contributed by atoms with van der Waals surface area (Å²) in [7, 11) is 0. The summed E-state index contributed by atoms with van der Waals surface area (Å²) < 4.78 is 14.7. The normalized spacial score (nSPS) is 11.0. The van der Waals surface area contributed by atoms with Crippen molar-refractivity contribution in [3.8, 4) is 0 Å². The molecule has 0 unspecified atom stereocenters. The molecular formula is C22H24FN3O2. The number of pyridine rings is 2. The van der Waals surface area contributed by atoms with E-state index in [4.69, 9.17) is 0 Å². The van der Waals surface area contributed by atoms with E-state index in [2.05, 4.69) is 11.9 Å². The minimum absolute atomic E-state index is 0.139. The number of carbonyl (C=O) groups is 1. The van der Waals surface area contributed by atoms with Crippen LogP contribution in [0.15, 0.2) is 53.5 Å². The van der Waals surface area contributed by atoms with E-state index in [0.717, 1.165) is 23.8 Å². The summed E-state index contributed by atoms with van der Waals surface area (Å²) in [5.41, 5.74) is 1.03. The zero-order valence-electron chi connectivity index (χ0n) is 16.2. The van der Waals surface area contributed by atoms with Gasteiger partial charge in [0.25, 0.3) is 11.5 Å². The number of aromatic nitrogens is 2. The first-order valence-corrected chi connectivity index (χ1v) is 9.57. The fraction of sp³-hybridized carbons (Fsp3) is 0.318. The van der Waals surface area contributed by atoms with Crippen LogP contribution in [-0.2, 0) is 6.54 Å². The Balaban J connectivity index is 2.09. The van der Waals surface area contributed by atoms with Crippen LogP contribution in [0.1, 0.15) is 42.6 Å². The molecular weight excluding hydrogens is 357 g/mol. The van der Waals surface area contributed by atoms with Crippen LogP contribution in [0.3, 0.4) is 0 Å². The maximum absolute atomic E-state index is 13.2. The monoisotopic (exact) mass is 381 g/mol. The number of hydrogen-bond acceptors (Lipinski definition) is 3. The second-order valence-corrected chi connectivity index (χ2v) is 6.73. The van der Waals surface area contributed by atoms with Gasteiger partial charge in [-0.05, 0) is 49.2 Å². The number of hydrogen-bond donors (Lipinski definition) is 0. The second-order valence-electron chi connectivity index (χ2n) is 6.73. The number of benzene rings is 1. The van der Waals surface area contributed by atoms with Crippen molar-refractivity contribution in [1.82, 2.24) is 14.5 Å². The molecule has 5 nitrogen and oxygen atoms in total. The number of halogens is 1. The van der Waals surface area contributed by atoms with Crippen molar-refractivity contribution in [3.05, 3.63) is 76.0 Å². The van der Waals surface area contributed by atoms with Gasteiger partial charge < -0.3 is 4.90 Å². The van der Waals surface area contributed by atoms with E-state index >= 15 is 0 Å². The van der Waals surface area contributed by atoms with Gasteiger partial charge in [0.1, 0.15) is 17.0 Å². The van der Waals surface area contributed by atoms with Crippen molar-refractivity contribution < 1.29 is 9.18 Å². The average molecular weight is 381 g/mol. The SMILES string of the molecule is CCCCN(CC)C(=O)c1cc2cccnc2n(Cc2ccc(F)cc2)c1=O. The highest BCUT2D eigenvalue weighted by Gasteiger charge is 2.20. The fourth-order valence-electron chi connectivity index (χ4n) is 3.20. The van der Waals surface area contributed by atoms with Crippen molar-refractivity contribution in [2.45, 2.75) is 33.2 Å². The standard InChI is InChI=1S/C22H24FN3O2/c1-3-5-13-25(4-2)21(27)19-14-17-7-6-12-24-20(17)26(22(19)28)15-16-8-10-18(23)11-9-16/h6-12,14H,3-5,13,15H2,1-2H3. The highest BCUT2D eigenvalue weighted by atomic mass is 19.1. The molecule has 0 fully saturated rings. The van der Waals surface area contributed by atoms with Crippen molar-refractivity contribution in [2.75, 3.05) is 13.1 Å². The van der Waals surface area contributed by atoms with Crippen LogP contribution < -0.4 is 5.56 Å². The third kappa shape index (κ3) is 4.11. The topological polar surface area (TPSA) is 55.2 Å². The zero-order chi connectivity index (χ0) is 20.1. The molecule has 0 radical (unpaired) electrons. The van der Waals surface area contributed by atoms with Gasteiger partial charge >= 0.3 is 0 Å². The average Bonchev–Trinajstić information content (AvgIpc) is 2.71. The van der Waals surface area contributed by atoms with Crippen LogP contribution in [0.25, 0.3) is 11.0 Å². The Kier molecular flexibility index (Phi) is 6.19. The summed E-state index contributed by atoms with van der Waals surface area (Å²) in [6.45, 7) is 5.35. The summed E-state index contributed by atoms with van der Waals surface area (Å²) in [4.78, 5) is 32.3. The predicted molar refractivity (Wildman–Crippen MR) is 108 cm³/mol. The van der Waals surface area contributed by atoms with Gasteiger partial charge in [0.05, 0.1) is 6.54 Å². The summed E-state index contributed by atoms with van der Waals surface area (Å²) in [6, 6.07) is 11.2. The van der Waals surface area contributed by atoms with Crippen LogP contribution >= 0.6 is 0 Å². The molecule has 0 aliphatic rings. The number of fused-ring (bicyclic) bond motifs is 1. The Bertz CT molecular complexity index is 1030. The van der Waals surface area contributed by atoms with E-state index in [1.807, 2.05) is 13.0 Å². The molecule has 2 heterocycles. The van der Waals surface area contributed by atoms with E-state index in [1.165, 1.54) is 16.7 Å². The lowest BCUT2D eigenvalue weighted by atomic mass is 10.1. The van der Waals surface area contributed by atoms with Crippen LogP contribution in [-0.4, -0.2) is 33.4 Å². The first-order valence-electron chi connectivity index (χ1n) is 9.57. The lowest BCUT2D eigenvalue weighted by Crippen LogP contribution is -2.37. The molecule has 0 saturated heterocycles. The van der Waals surface area contributed by atoms with E-state index in [-0.39, 0.29) is 29.4 Å². The van der Waals surface area contributed by atoms with Gasteiger partial charge in [-0.2, -0.15) is 0 Å². The molecule has 3 aromatic rings. The van der Waals surface area contributed by atoms with Crippen LogP contribution in [0, 0.1) is 5.82 Å². The Hall–Kier alpha value is -3.02. The van der Waals surface area contributed by atoms with Crippen LogP contribution in [0.2, 0.25) is 0 Å². The second kappa shape index (κ2) is 8.78. The third-order valence-corrected chi connectivity index (χ3v) is 4.78. The van der Waals surface area contributed by atoms with Gasteiger partial charge in [0, 0.05) is 24.7 Å². The molecule has 146 valence electrons.